The number of aryl methyl sites for hydroxylation is 2. The fourth-order valence-corrected chi connectivity index (χ4v) is 5.57. The van der Waals surface area contributed by atoms with E-state index in [1.165, 1.54) is 5.56 Å². The van der Waals surface area contributed by atoms with Gasteiger partial charge in [-0.05, 0) is 46.9 Å². The van der Waals surface area contributed by atoms with E-state index in [2.05, 4.69) is 60.6 Å². The highest BCUT2D eigenvalue weighted by Crippen LogP contribution is 2.52. The van der Waals surface area contributed by atoms with Gasteiger partial charge in [-0.3, -0.25) is 4.89 Å². The Kier molecular flexibility index (Phi) is 6.40. The number of hydrogen-bond donors (Lipinski definition) is 1. The van der Waals surface area contributed by atoms with Crippen LogP contribution < -0.4 is 9.05 Å². The molecule has 30 heavy (non-hydrogen) atoms. The van der Waals surface area contributed by atoms with Crippen molar-refractivity contribution in [1.29, 1.82) is 0 Å². The van der Waals surface area contributed by atoms with Crippen LogP contribution in [-0.2, 0) is 28.2 Å². The second-order valence-corrected chi connectivity index (χ2v) is 12.3. The molecule has 0 radical (unpaired) electrons. The van der Waals surface area contributed by atoms with Gasteiger partial charge >= 0.3 is 7.82 Å². The summed E-state index contributed by atoms with van der Waals surface area (Å²) in [6.07, 6.45) is 1.88. The number of phosphoric ester groups is 1. The predicted molar refractivity (Wildman–Crippen MR) is 125 cm³/mol. The van der Waals surface area contributed by atoms with Gasteiger partial charge in [0.25, 0.3) is 0 Å². The minimum absolute atomic E-state index is 0.225. The van der Waals surface area contributed by atoms with Crippen molar-refractivity contribution in [2.45, 2.75) is 77.0 Å². The molecule has 1 N–H and O–H groups in total. The SMILES string of the molecule is CCc1ccc(OP(=O)(O)Oc2c3cc(cc2C(C)(C)C)CCS3)c(C(C)(C)C)c1. The minimum atomic E-state index is -4.40. The van der Waals surface area contributed by atoms with E-state index >= 15 is 0 Å². The van der Waals surface area contributed by atoms with Crippen molar-refractivity contribution in [3.8, 4) is 11.5 Å². The van der Waals surface area contributed by atoms with Crippen LogP contribution in [0.4, 0.5) is 0 Å². The molecule has 0 fully saturated rings. The van der Waals surface area contributed by atoms with Crippen LogP contribution in [0.1, 0.15) is 70.7 Å². The molecule has 1 heterocycles. The Morgan fingerprint density at radius 1 is 1.00 bits per heavy atom. The highest BCUT2D eigenvalue weighted by Gasteiger charge is 2.34. The molecule has 0 aliphatic carbocycles. The van der Waals surface area contributed by atoms with Gasteiger partial charge in [0.15, 0.2) is 0 Å². The quantitative estimate of drug-likeness (QED) is 0.497. The normalized spacial score (nSPS) is 16.1. The van der Waals surface area contributed by atoms with Crippen LogP contribution in [0.3, 0.4) is 0 Å². The Labute approximate surface area is 185 Å². The van der Waals surface area contributed by atoms with E-state index in [-0.39, 0.29) is 10.8 Å². The van der Waals surface area contributed by atoms with E-state index in [1.807, 2.05) is 12.1 Å². The van der Waals surface area contributed by atoms with E-state index in [9.17, 15) is 9.46 Å². The van der Waals surface area contributed by atoms with Gasteiger partial charge in [0.1, 0.15) is 11.5 Å². The lowest BCUT2D eigenvalue weighted by molar-refractivity contribution is 0.283. The molecule has 1 aliphatic rings. The van der Waals surface area contributed by atoms with Crippen molar-refractivity contribution < 1.29 is 18.5 Å². The summed E-state index contributed by atoms with van der Waals surface area (Å²) in [5.41, 5.74) is 3.75. The molecule has 6 heteroatoms. The summed E-state index contributed by atoms with van der Waals surface area (Å²) in [4.78, 5) is 11.6. The number of thioether (sulfide) groups is 1. The molecule has 0 spiro atoms. The van der Waals surface area contributed by atoms with Gasteiger partial charge in [-0.1, -0.05) is 66.7 Å². The molecule has 2 aromatic carbocycles. The second kappa shape index (κ2) is 8.26. The van der Waals surface area contributed by atoms with Crippen molar-refractivity contribution in [2.75, 3.05) is 5.75 Å². The van der Waals surface area contributed by atoms with Crippen LogP contribution in [0, 0.1) is 0 Å². The van der Waals surface area contributed by atoms with Gasteiger partial charge in [0, 0.05) is 16.9 Å². The molecule has 0 aromatic heterocycles. The van der Waals surface area contributed by atoms with Crippen LogP contribution >= 0.6 is 19.6 Å². The van der Waals surface area contributed by atoms with Crippen molar-refractivity contribution in [3.63, 3.8) is 0 Å². The summed E-state index contributed by atoms with van der Waals surface area (Å²) >= 11 is 1.66. The first kappa shape index (κ1) is 23.2. The number of fused-ring (bicyclic) bond motifs is 2. The third-order valence-electron chi connectivity index (χ3n) is 5.25. The zero-order chi connectivity index (χ0) is 22.3. The van der Waals surface area contributed by atoms with Gasteiger partial charge in [-0.2, -0.15) is 0 Å². The molecule has 1 unspecified atom stereocenters. The van der Waals surface area contributed by atoms with Gasteiger partial charge in [-0.25, -0.2) is 4.57 Å². The first-order valence-corrected chi connectivity index (χ1v) is 12.9. The van der Waals surface area contributed by atoms with Crippen molar-refractivity contribution in [2.24, 2.45) is 0 Å². The van der Waals surface area contributed by atoms with Crippen LogP contribution in [0.5, 0.6) is 11.5 Å². The van der Waals surface area contributed by atoms with Crippen LogP contribution in [-0.4, -0.2) is 10.6 Å². The average Bonchev–Trinajstić information content (AvgIpc) is 2.62. The van der Waals surface area contributed by atoms with Gasteiger partial charge in [-0.15, -0.1) is 11.8 Å². The maximum Gasteiger partial charge on any atom is 0.584 e. The molecule has 4 nitrogen and oxygen atoms in total. The number of phosphoric acid groups is 1. The molecule has 1 atom stereocenters. The van der Waals surface area contributed by atoms with Crippen LogP contribution in [0.25, 0.3) is 0 Å². The topological polar surface area (TPSA) is 55.8 Å². The van der Waals surface area contributed by atoms with Gasteiger partial charge < -0.3 is 9.05 Å². The molecule has 0 amide bonds. The lowest BCUT2D eigenvalue weighted by Gasteiger charge is -2.29. The Hall–Kier alpha value is -1.42. The third-order valence-corrected chi connectivity index (χ3v) is 7.11. The standard InChI is InChI=1S/C24H33O4PS/c1-8-16-9-10-20(18(13-16)23(2,3)4)27-29(25,26)28-22-19(24(5,6)7)14-17-11-12-30-21(22)15-17/h9-10,13-15H,8,11-12H2,1-7H3,(H,25,26). The Morgan fingerprint density at radius 2 is 1.67 bits per heavy atom. The molecule has 0 saturated carbocycles. The maximum absolute atomic E-state index is 13.1. The van der Waals surface area contributed by atoms with E-state index in [4.69, 9.17) is 9.05 Å². The van der Waals surface area contributed by atoms with Crippen molar-refractivity contribution in [3.05, 3.63) is 52.6 Å². The largest absolute Gasteiger partial charge is 0.584 e. The smallest absolute Gasteiger partial charge is 0.395 e. The van der Waals surface area contributed by atoms with E-state index < -0.39 is 7.82 Å². The molecule has 1 aliphatic heterocycles. The van der Waals surface area contributed by atoms with E-state index in [0.717, 1.165) is 40.2 Å². The van der Waals surface area contributed by atoms with Crippen molar-refractivity contribution >= 4 is 19.6 Å². The molecule has 164 valence electrons. The fraction of sp³-hybridized carbons (Fsp3) is 0.500. The lowest BCUT2D eigenvalue weighted by atomic mass is 9.85. The number of benzene rings is 2. The van der Waals surface area contributed by atoms with Crippen molar-refractivity contribution in [1.82, 2.24) is 0 Å². The Balaban J connectivity index is 1.99. The summed E-state index contributed by atoms with van der Waals surface area (Å²) in [5, 5.41) is 0. The summed E-state index contributed by atoms with van der Waals surface area (Å²) in [6, 6.07) is 9.90. The molecular formula is C24H33O4PS. The second-order valence-electron chi connectivity index (χ2n) is 9.90. The first-order valence-electron chi connectivity index (χ1n) is 10.5. The van der Waals surface area contributed by atoms with Crippen LogP contribution in [0.2, 0.25) is 0 Å². The van der Waals surface area contributed by atoms with Gasteiger partial charge in [0.05, 0.1) is 4.90 Å². The number of hydrogen-bond acceptors (Lipinski definition) is 4. The summed E-state index contributed by atoms with van der Waals surface area (Å²) in [6.45, 7) is 14.5. The predicted octanol–water partition coefficient (Wildman–Crippen LogP) is 7.05. The zero-order valence-corrected chi connectivity index (χ0v) is 20.7. The minimum Gasteiger partial charge on any atom is -0.395 e. The summed E-state index contributed by atoms with van der Waals surface area (Å²) in [7, 11) is -4.40. The van der Waals surface area contributed by atoms with Crippen LogP contribution in [0.15, 0.2) is 35.2 Å². The van der Waals surface area contributed by atoms with E-state index in [0.29, 0.717) is 11.5 Å². The van der Waals surface area contributed by atoms with Gasteiger partial charge in [0.2, 0.25) is 0 Å². The molecule has 0 saturated heterocycles. The number of rotatable bonds is 5. The monoisotopic (exact) mass is 448 g/mol. The average molecular weight is 449 g/mol. The highest BCUT2D eigenvalue weighted by molar-refractivity contribution is 7.99. The fourth-order valence-electron chi connectivity index (χ4n) is 3.56. The summed E-state index contributed by atoms with van der Waals surface area (Å²) in [5.74, 6) is 1.79. The maximum atomic E-state index is 13.1. The first-order chi connectivity index (χ1) is 13.8. The third kappa shape index (κ3) is 5.25. The Bertz CT molecular complexity index is 986. The summed E-state index contributed by atoms with van der Waals surface area (Å²) < 4.78 is 24.6. The molecule has 2 bridgehead atoms. The Morgan fingerprint density at radius 3 is 2.27 bits per heavy atom. The lowest BCUT2D eigenvalue weighted by Crippen LogP contribution is -2.17. The molecule has 3 rings (SSSR count). The molecule has 2 aromatic rings. The zero-order valence-electron chi connectivity index (χ0n) is 19.0. The van der Waals surface area contributed by atoms with E-state index in [1.54, 1.807) is 17.8 Å². The molecular weight excluding hydrogens is 415 g/mol. The highest BCUT2D eigenvalue weighted by atomic mass is 32.2.